The van der Waals surface area contributed by atoms with E-state index in [1.54, 1.807) is 14.0 Å². The third kappa shape index (κ3) is 2.69. The molecule has 0 aromatic rings. The van der Waals surface area contributed by atoms with E-state index >= 15 is 0 Å². The van der Waals surface area contributed by atoms with Crippen LogP contribution >= 0.6 is 0 Å². The Morgan fingerprint density at radius 3 is 2.73 bits per heavy atom. The minimum Gasteiger partial charge on any atom is -0.480 e. The van der Waals surface area contributed by atoms with Gasteiger partial charge in [0.2, 0.25) is 0 Å². The summed E-state index contributed by atoms with van der Waals surface area (Å²) in [6.07, 6.45) is 0. The third-order valence-corrected chi connectivity index (χ3v) is 3.44. The lowest BCUT2D eigenvalue weighted by Crippen LogP contribution is -2.38. The summed E-state index contributed by atoms with van der Waals surface area (Å²) in [7, 11) is 1.69. The number of ether oxygens (including phenoxy) is 1. The number of aliphatic carboxylic acids is 1. The minimum atomic E-state index is -0.746. The summed E-state index contributed by atoms with van der Waals surface area (Å²) in [5, 5.41) is 8.96. The molecule has 0 saturated carbocycles. The fraction of sp³-hybridized carbons (Fsp3) is 0.909. The van der Waals surface area contributed by atoms with Crippen molar-refractivity contribution >= 4 is 5.97 Å². The number of likely N-dealkylation sites (tertiary alicyclic amines) is 1. The highest BCUT2D eigenvalue weighted by molar-refractivity contribution is 5.72. The predicted octanol–water partition coefficient (Wildman–Crippen LogP) is 1.06. The van der Waals surface area contributed by atoms with Gasteiger partial charge < -0.3 is 9.84 Å². The van der Waals surface area contributed by atoms with E-state index in [4.69, 9.17) is 9.84 Å². The molecule has 0 bridgehead atoms. The van der Waals surface area contributed by atoms with Crippen molar-refractivity contribution in [3.05, 3.63) is 0 Å². The Morgan fingerprint density at radius 1 is 1.67 bits per heavy atom. The van der Waals surface area contributed by atoms with Crippen LogP contribution in [0, 0.1) is 11.3 Å². The van der Waals surface area contributed by atoms with Gasteiger partial charge in [-0.1, -0.05) is 13.8 Å². The van der Waals surface area contributed by atoms with E-state index in [-0.39, 0.29) is 5.41 Å². The molecular formula is C11H21NO3. The molecule has 4 nitrogen and oxygen atoms in total. The Bertz CT molecular complexity index is 240. The third-order valence-electron chi connectivity index (χ3n) is 3.44. The normalized spacial score (nSPS) is 27.9. The number of rotatable bonds is 4. The van der Waals surface area contributed by atoms with Crippen molar-refractivity contribution in [1.82, 2.24) is 4.90 Å². The summed E-state index contributed by atoms with van der Waals surface area (Å²) >= 11 is 0. The number of methoxy groups -OCH3 is 1. The molecule has 1 aliphatic heterocycles. The second-order valence-corrected chi connectivity index (χ2v) is 5.08. The van der Waals surface area contributed by atoms with Crippen LogP contribution < -0.4 is 0 Å². The fourth-order valence-electron chi connectivity index (χ4n) is 2.18. The maximum absolute atomic E-state index is 10.9. The summed E-state index contributed by atoms with van der Waals surface area (Å²) in [5.41, 5.74) is 0.139. The lowest BCUT2D eigenvalue weighted by Gasteiger charge is -2.25. The van der Waals surface area contributed by atoms with Crippen LogP contribution in [-0.4, -0.2) is 48.8 Å². The maximum atomic E-state index is 10.9. The molecule has 0 spiro atoms. The van der Waals surface area contributed by atoms with E-state index < -0.39 is 12.0 Å². The number of hydrogen-bond acceptors (Lipinski definition) is 3. The number of carboxylic acid groups (broad SMARTS) is 1. The SMILES string of the molecule is COC[C@@H]1CN([C@H](C)C(=O)O)CC1(C)C. The molecule has 1 fully saturated rings. The van der Waals surface area contributed by atoms with Gasteiger partial charge in [0.15, 0.2) is 0 Å². The number of hydrogen-bond donors (Lipinski definition) is 1. The Morgan fingerprint density at radius 2 is 2.27 bits per heavy atom. The molecule has 1 N–H and O–H groups in total. The van der Waals surface area contributed by atoms with Gasteiger partial charge in [-0.3, -0.25) is 9.69 Å². The fourth-order valence-corrected chi connectivity index (χ4v) is 2.18. The van der Waals surface area contributed by atoms with Gasteiger partial charge in [0.1, 0.15) is 6.04 Å². The first kappa shape index (κ1) is 12.5. The number of carboxylic acids is 1. The van der Waals surface area contributed by atoms with Crippen LogP contribution in [0.15, 0.2) is 0 Å². The monoisotopic (exact) mass is 215 g/mol. The summed E-state index contributed by atoms with van der Waals surface area (Å²) in [6.45, 7) is 8.43. The summed E-state index contributed by atoms with van der Waals surface area (Å²) < 4.78 is 5.18. The highest BCUT2D eigenvalue weighted by atomic mass is 16.5. The molecule has 15 heavy (non-hydrogen) atoms. The molecule has 1 rings (SSSR count). The molecule has 0 amide bonds. The van der Waals surface area contributed by atoms with E-state index in [1.165, 1.54) is 0 Å². The van der Waals surface area contributed by atoms with Crippen LogP contribution in [0.25, 0.3) is 0 Å². The van der Waals surface area contributed by atoms with Gasteiger partial charge in [0.05, 0.1) is 6.61 Å². The van der Waals surface area contributed by atoms with Crippen molar-refractivity contribution in [3.63, 3.8) is 0 Å². The van der Waals surface area contributed by atoms with Crippen LogP contribution in [0.3, 0.4) is 0 Å². The van der Waals surface area contributed by atoms with Crippen molar-refractivity contribution in [1.29, 1.82) is 0 Å². The van der Waals surface area contributed by atoms with E-state index in [0.29, 0.717) is 12.5 Å². The van der Waals surface area contributed by atoms with Crippen molar-refractivity contribution in [2.45, 2.75) is 26.8 Å². The number of carbonyl (C=O) groups is 1. The van der Waals surface area contributed by atoms with Crippen LogP contribution in [0.5, 0.6) is 0 Å². The average Bonchev–Trinajstić information content (AvgIpc) is 2.41. The molecule has 88 valence electrons. The molecule has 1 saturated heterocycles. The van der Waals surface area contributed by atoms with E-state index in [0.717, 1.165) is 13.1 Å². The summed E-state index contributed by atoms with van der Waals surface area (Å²) in [5.74, 6) is -0.326. The smallest absolute Gasteiger partial charge is 0.320 e. The molecule has 0 aliphatic carbocycles. The van der Waals surface area contributed by atoms with Gasteiger partial charge in [-0.05, 0) is 12.3 Å². The summed E-state index contributed by atoms with van der Waals surface area (Å²) in [6, 6.07) is -0.397. The lowest BCUT2D eigenvalue weighted by atomic mass is 9.83. The van der Waals surface area contributed by atoms with Crippen LogP contribution in [-0.2, 0) is 9.53 Å². The first-order valence-electron chi connectivity index (χ1n) is 5.34. The number of nitrogens with zero attached hydrogens (tertiary/aromatic N) is 1. The molecule has 0 unspecified atom stereocenters. The molecule has 0 aromatic carbocycles. The Labute approximate surface area is 91.2 Å². The zero-order valence-corrected chi connectivity index (χ0v) is 9.99. The second kappa shape index (κ2) is 4.49. The van der Waals surface area contributed by atoms with Crippen LogP contribution in [0.1, 0.15) is 20.8 Å². The molecular weight excluding hydrogens is 194 g/mol. The van der Waals surface area contributed by atoms with Crippen molar-refractivity contribution in [3.8, 4) is 0 Å². The van der Waals surface area contributed by atoms with Gasteiger partial charge in [-0.2, -0.15) is 0 Å². The maximum Gasteiger partial charge on any atom is 0.320 e. The first-order valence-corrected chi connectivity index (χ1v) is 5.34. The Balaban J connectivity index is 2.65. The van der Waals surface area contributed by atoms with Crippen LogP contribution in [0.2, 0.25) is 0 Å². The lowest BCUT2D eigenvalue weighted by molar-refractivity contribution is -0.142. The predicted molar refractivity (Wildman–Crippen MR) is 57.8 cm³/mol. The minimum absolute atomic E-state index is 0.139. The van der Waals surface area contributed by atoms with E-state index in [9.17, 15) is 4.79 Å². The molecule has 0 radical (unpaired) electrons. The molecule has 1 heterocycles. The highest BCUT2D eigenvalue weighted by Crippen LogP contribution is 2.36. The van der Waals surface area contributed by atoms with Crippen molar-refractivity contribution in [2.75, 3.05) is 26.8 Å². The molecule has 1 aliphatic rings. The topological polar surface area (TPSA) is 49.8 Å². The van der Waals surface area contributed by atoms with E-state index in [2.05, 4.69) is 13.8 Å². The quantitative estimate of drug-likeness (QED) is 0.762. The van der Waals surface area contributed by atoms with Gasteiger partial charge in [0.25, 0.3) is 0 Å². The van der Waals surface area contributed by atoms with Crippen molar-refractivity contribution in [2.24, 2.45) is 11.3 Å². The van der Waals surface area contributed by atoms with Crippen molar-refractivity contribution < 1.29 is 14.6 Å². The standard InChI is InChI=1S/C11H21NO3/c1-8(10(13)14)12-5-9(6-15-4)11(2,3)7-12/h8-9H,5-7H2,1-4H3,(H,13,14)/t8-,9+/m1/s1. The van der Waals surface area contributed by atoms with E-state index in [1.807, 2.05) is 4.90 Å². The summed E-state index contributed by atoms with van der Waals surface area (Å²) in [4.78, 5) is 12.9. The Hall–Kier alpha value is -0.610. The van der Waals surface area contributed by atoms with Gasteiger partial charge >= 0.3 is 5.97 Å². The largest absolute Gasteiger partial charge is 0.480 e. The Kier molecular flexibility index (Phi) is 3.73. The van der Waals surface area contributed by atoms with Gasteiger partial charge in [0, 0.05) is 26.1 Å². The van der Waals surface area contributed by atoms with Gasteiger partial charge in [-0.25, -0.2) is 0 Å². The molecule has 4 heteroatoms. The molecule has 2 atom stereocenters. The van der Waals surface area contributed by atoms with Gasteiger partial charge in [-0.15, -0.1) is 0 Å². The molecule has 0 aromatic heterocycles. The first-order chi connectivity index (χ1) is 6.88. The highest BCUT2D eigenvalue weighted by Gasteiger charge is 2.41. The second-order valence-electron chi connectivity index (χ2n) is 5.08. The average molecular weight is 215 g/mol. The zero-order valence-electron chi connectivity index (χ0n) is 9.99. The van der Waals surface area contributed by atoms with Crippen LogP contribution in [0.4, 0.5) is 0 Å². The zero-order chi connectivity index (χ0) is 11.6.